The van der Waals surface area contributed by atoms with Gasteiger partial charge < -0.3 is 4.74 Å². The Bertz CT molecular complexity index is 724. The van der Waals surface area contributed by atoms with E-state index in [0.29, 0.717) is 6.61 Å². The van der Waals surface area contributed by atoms with Crippen molar-refractivity contribution < 1.29 is 4.74 Å². The van der Waals surface area contributed by atoms with Crippen LogP contribution in [0.2, 0.25) is 0 Å². The highest BCUT2D eigenvalue weighted by atomic mass is 16.5. The lowest BCUT2D eigenvalue weighted by Crippen LogP contribution is -2.04. The number of pyridine rings is 2. The number of rotatable bonds is 6. The van der Waals surface area contributed by atoms with Crippen molar-refractivity contribution in [2.75, 3.05) is 6.61 Å². The maximum Gasteiger partial charge on any atom is 0.145 e. The molecule has 0 aliphatic carbocycles. The van der Waals surface area contributed by atoms with Crippen molar-refractivity contribution in [3.8, 4) is 17.0 Å². The van der Waals surface area contributed by atoms with E-state index in [4.69, 9.17) is 4.74 Å². The molecule has 3 heterocycles. The Kier molecular flexibility index (Phi) is 4.44. The molecule has 0 saturated heterocycles. The van der Waals surface area contributed by atoms with Gasteiger partial charge in [0.25, 0.3) is 0 Å². The van der Waals surface area contributed by atoms with E-state index in [9.17, 15) is 0 Å². The van der Waals surface area contributed by atoms with Gasteiger partial charge in [-0.05, 0) is 31.2 Å². The fourth-order valence-electron chi connectivity index (χ4n) is 2.19. The first-order valence-electron chi connectivity index (χ1n) is 7.37. The molecule has 5 heteroatoms. The average Bonchev–Trinajstić information content (AvgIpc) is 3.05. The summed E-state index contributed by atoms with van der Waals surface area (Å²) in [6.07, 6.45) is 8.13. The number of ether oxygens (including phenoxy) is 1. The molecule has 0 spiro atoms. The summed E-state index contributed by atoms with van der Waals surface area (Å²) < 4.78 is 7.78. The molecule has 0 unspecified atom stereocenters. The van der Waals surface area contributed by atoms with Crippen molar-refractivity contribution in [1.82, 2.24) is 19.7 Å². The molecule has 3 aromatic heterocycles. The van der Waals surface area contributed by atoms with Gasteiger partial charge in [-0.3, -0.25) is 14.6 Å². The highest BCUT2D eigenvalue weighted by Gasteiger charge is 2.09. The van der Waals surface area contributed by atoms with E-state index in [1.54, 1.807) is 12.4 Å². The lowest BCUT2D eigenvalue weighted by Gasteiger charge is -2.09. The Labute approximate surface area is 129 Å². The van der Waals surface area contributed by atoms with Crippen LogP contribution >= 0.6 is 0 Å². The highest BCUT2D eigenvalue weighted by molar-refractivity contribution is 5.64. The van der Waals surface area contributed by atoms with E-state index < -0.39 is 0 Å². The normalized spacial score (nSPS) is 10.6. The van der Waals surface area contributed by atoms with E-state index in [1.807, 2.05) is 47.4 Å². The molecule has 0 bridgehead atoms. The van der Waals surface area contributed by atoms with E-state index in [0.717, 1.165) is 35.7 Å². The molecule has 0 N–H and O–H groups in total. The summed E-state index contributed by atoms with van der Waals surface area (Å²) in [6, 6.07) is 9.71. The molecule has 0 amide bonds. The summed E-state index contributed by atoms with van der Waals surface area (Å²) in [5.74, 6) is 0.772. The van der Waals surface area contributed by atoms with Crippen LogP contribution in [-0.2, 0) is 13.0 Å². The Hall–Kier alpha value is -2.69. The van der Waals surface area contributed by atoms with Crippen molar-refractivity contribution in [2.24, 2.45) is 0 Å². The standard InChI is InChI=1S/C17H18N4O/c1-2-21-13-14(12-20-21)17-16(7-5-10-19-17)22-11-8-15-6-3-4-9-18-15/h3-7,9-10,12-13H,2,8,11H2,1H3. The lowest BCUT2D eigenvalue weighted by molar-refractivity contribution is 0.321. The summed E-state index contributed by atoms with van der Waals surface area (Å²) in [7, 11) is 0. The van der Waals surface area contributed by atoms with Gasteiger partial charge in [0.15, 0.2) is 0 Å². The third-order valence-electron chi connectivity index (χ3n) is 3.34. The molecule has 0 saturated carbocycles. The fourth-order valence-corrected chi connectivity index (χ4v) is 2.19. The Morgan fingerprint density at radius 3 is 2.77 bits per heavy atom. The van der Waals surface area contributed by atoms with E-state index in [-0.39, 0.29) is 0 Å². The Morgan fingerprint density at radius 1 is 1.09 bits per heavy atom. The molecule has 3 aromatic rings. The van der Waals surface area contributed by atoms with Crippen molar-refractivity contribution in [2.45, 2.75) is 19.9 Å². The molecular formula is C17H18N4O. The van der Waals surface area contributed by atoms with Gasteiger partial charge in [-0.15, -0.1) is 0 Å². The van der Waals surface area contributed by atoms with Gasteiger partial charge in [-0.25, -0.2) is 0 Å². The van der Waals surface area contributed by atoms with Gasteiger partial charge in [0, 0.05) is 42.8 Å². The number of aryl methyl sites for hydroxylation is 1. The minimum absolute atomic E-state index is 0.567. The summed E-state index contributed by atoms with van der Waals surface area (Å²) in [5, 5.41) is 4.29. The van der Waals surface area contributed by atoms with Crippen molar-refractivity contribution in [1.29, 1.82) is 0 Å². The quantitative estimate of drug-likeness (QED) is 0.701. The van der Waals surface area contributed by atoms with Crippen LogP contribution in [0.4, 0.5) is 0 Å². The molecular weight excluding hydrogens is 276 g/mol. The van der Waals surface area contributed by atoms with Gasteiger partial charge in [0.2, 0.25) is 0 Å². The summed E-state index contributed by atoms with van der Waals surface area (Å²) in [6.45, 7) is 3.46. The smallest absolute Gasteiger partial charge is 0.145 e. The van der Waals surface area contributed by atoms with Gasteiger partial charge in [-0.1, -0.05) is 6.07 Å². The van der Waals surface area contributed by atoms with Crippen LogP contribution in [-0.4, -0.2) is 26.4 Å². The second kappa shape index (κ2) is 6.85. The Morgan fingerprint density at radius 2 is 2.00 bits per heavy atom. The van der Waals surface area contributed by atoms with E-state index in [2.05, 4.69) is 22.0 Å². The molecule has 0 aliphatic heterocycles. The second-order valence-electron chi connectivity index (χ2n) is 4.85. The third kappa shape index (κ3) is 3.31. The van der Waals surface area contributed by atoms with Crippen LogP contribution < -0.4 is 4.74 Å². The Balaban J connectivity index is 1.71. The van der Waals surface area contributed by atoms with Crippen molar-refractivity contribution in [3.63, 3.8) is 0 Å². The van der Waals surface area contributed by atoms with E-state index in [1.165, 1.54) is 0 Å². The second-order valence-corrected chi connectivity index (χ2v) is 4.85. The zero-order chi connectivity index (χ0) is 15.2. The molecule has 112 valence electrons. The van der Waals surface area contributed by atoms with Crippen LogP contribution in [0.5, 0.6) is 5.75 Å². The van der Waals surface area contributed by atoms with Gasteiger partial charge in [0.05, 0.1) is 12.8 Å². The topological polar surface area (TPSA) is 52.8 Å². The third-order valence-corrected chi connectivity index (χ3v) is 3.34. The SMILES string of the molecule is CCn1cc(-c2ncccc2OCCc2ccccn2)cn1. The molecule has 22 heavy (non-hydrogen) atoms. The minimum atomic E-state index is 0.567. The number of hydrogen-bond donors (Lipinski definition) is 0. The molecule has 0 atom stereocenters. The first kappa shape index (κ1) is 14.3. The monoisotopic (exact) mass is 294 g/mol. The summed E-state index contributed by atoms with van der Waals surface area (Å²) >= 11 is 0. The first-order valence-corrected chi connectivity index (χ1v) is 7.37. The molecule has 5 nitrogen and oxygen atoms in total. The average molecular weight is 294 g/mol. The number of nitrogens with zero attached hydrogens (tertiary/aromatic N) is 4. The van der Waals surface area contributed by atoms with Crippen molar-refractivity contribution >= 4 is 0 Å². The molecule has 0 aliphatic rings. The largest absolute Gasteiger partial charge is 0.491 e. The maximum atomic E-state index is 5.90. The molecule has 0 aromatic carbocycles. The summed E-state index contributed by atoms with van der Waals surface area (Å²) in [5.41, 5.74) is 2.81. The zero-order valence-corrected chi connectivity index (χ0v) is 12.5. The van der Waals surface area contributed by atoms with Crippen LogP contribution in [0.15, 0.2) is 55.1 Å². The zero-order valence-electron chi connectivity index (χ0n) is 12.5. The minimum Gasteiger partial charge on any atom is -0.491 e. The maximum absolute atomic E-state index is 5.90. The van der Waals surface area contributed by atoms with Gasteiger partial charge >= 0.3 is 0 Å². The van der Waals surface area contributed by atoms with E-state index >= 15 is 0 Å². The number of aromatic nitrogens is 4. The van der Waals surface area contributed by atoms with Crippen LogP contribution in [0.3, 0.4) is 0 Å². The lowest BCUT2D eigenvalue weighted by atomic mass is 10.2. The van der Waals surface area contributed by atoms with Gasteiger partial charge in [0.1, 0.15) is 11.4 Å². The van der Waals surface area contributed by atoms with Crippen LogP contribution in [0, 0.1) is 0 Å². The van der Waals surface area contributed by atoms with Gasteiger partial charge in [-0.2, -0.15) is 5.10 Å². The fraction of sp³-hybridized carbons (Fsp3) is 0.235. The van der Waals surface area contributed by atoms with Crippen molar-refractivity contribution in [3.05, 3.63) is 60.8 Å². The predicted molar refractivity (Wildman–Crippen MR) is 84.6 cm³/mol. The first-order chi connectivity index (χ1) is 10.9. The predicted octanol–water partition coefficient (Wildman–Crippen LogP) is 2.98. The van der Waals surface area contributed by atoms with Crippen LogP contribution in [0.1, 0.15) is 12.6 Å². The number of hydrogen-bond acceptors (Lipinski definition) is 4. The highest BCUT2D eigenvalue weighted by Crippen LogP contribution is 2.27. The summed E-state index contributed by atoms with van der Waals surface area (Å²) in [4.78, 5) is 8.72. The molecule has 3 rings (SSSR count). The molecule has 0 fully saturated rings. The molecule has 0 radical (unpaired) electrons. The van der Waals surface area contributed by atoms with Crippen LogP contribution in [0.25, 0.3) is 11.3 Å².